The van der Waals surface area contributed by atoms with Crippen molar-refractivity contribution < 1.29 is 14.3 Å². The molecule has 0 bridgehead atoms. The molecule has 1 aromatic carbocycles. The minimum Gasteiger partial charge on any atom is -0.465 e. The summed E-state index contributed by atoms with van der Waals surface area (Å²) in [7, 11) is 0. The molecule has 7 nitrogen and oxygen atoms in total. The van der Waals surface area contributed by atoms with Crippen LogP contribution in [0.15, 0.2) is 24.3 Å². The second-order valence-electron chi connectivity index (χ2n) is 9.67. The molecule has 0 radical (unpaired) electrons. The van der Waals surface area contributed by atoms with Crippen LogP contribution < -0.4 is 5.32 Å². The molecule has 1 saturated carbocycles. The molecule has 1 amide bonds. The second kappa shape index (κ2) is 10.2. The van der Waals surface area contributed by atoms with Crippen molar-refractivity contribution >= 4 is 22.8 Å². The minimum absolute atomic E-state index is 0.157. The minimum atomic E-state index is -0.274. The van der Waals surface area contributed by atoms with Crippen LogP contribution in [0, 0.1) is 17.2 Å². The van der Waals surface area contributed by atoms with Crippen LogP contribution in [0.2, 0.25) is 0 Å². The molecule has 2 heterocycles. The van der Waals surface area contributed by atoms with Gasteiger partial charge in [-0.1, -0.05) is 13.0 Å². The first kappa shape index (κ1) is 24.3. The Morgan fingerprint density at radius 1 is 1.29 bits per heavy atom. The fourth-order valence-electron chi connectivity index (χ4n) is 5.55. The van der Waals surface area contributed by atoms with Gasteiger partial charge in [-0.2, -0.15) is 5.26 Å². The van der Waals surface area contributed by atoms with Crippen LogP contribution in [0.3, 0.4) is 0 Å². The molecule has 182 valence electrons. The van der Waals surface area contributed by atoms with Gasteiger partial charge in [0, 0.05) is 35.9 Å². The van der Waals surface area contributed by atoms with Gasteiger partial charge in [0.05, 0.1) is 30.7 Å². The molecule has 1 aromatic heterocycles. The number of esters is 1. The van der Waals surface area contributed by atoms with Crippen LogP contribution in [-0.2, 0) is 27.3 Å². The van der Waals surface area contributed by atoms with Crippen LogP contribution in [0.25, 0.3) is 10.9 Å². The van der Waals surface area contributed by atoms with Crippen molar-refractivity contribution in [2.75, 3.05) is 19.7 Å². The van der Waals surface area contributed by atoms with E-state index in [1.165, 1.54) is 5.69 Å². The van der Waals surface area contributed by atoms with Gasteiger partial charge in [0.15, 0.2) is 0 Å². The Bertz CT molecular complexity index is 1100. The van der Waals surface area contributed by atoms with E-state index < -0.39 is 0 Å². The monoisotopic (exact) mass is 464 g/mol. The van der Waals surface area contributed by atoms with Crippen LogP contribution in [-0.4, -0.2) is 52.6 Å². The van der Waals surface area contributed by atoms with Crippen LogP contribution >= 0.6 is 0 Å². The molecule has 1 aliphatic heterocycles. The molecular formula is C27H36N4O3. The summed E-state index contributed by atoms with van der Waals surface area (Å²) in [6.45, 7) is 8.13. The summed E-state index contributed by atoms with van der Waals surface area (Å²) >= 11 is 0. The summed E-state index contributed by atoms with van der Waals surface area (Å²) < 4.78 is 7.33. The number of fused-ring (bicyclic) bond motifs is 1. The van der Waals surface area contributed by atoms with Crippen LogP contribution in [0.4, 0.5) is 0 Å². The van der Waals surface area contributed by atoms with Gasteiger partial charge in [0.2, 0.25) is 5.91 Å². The SMILES string of the molecule is CCOC(=O)CNC1(C(C)C(=O)N2CCCC2CCc2cc3ccc(C#N)cc3n2CC)CC1. The van der Waals surface area contributed by atoms with E-state index >= 15 is 0 Å². The fraction of sp³-hybridized carbons (Fsp3) is 0.593. The molecule has 4 rings (SSSR count). The number of amides is 1. The zero-order chi connectivity index (χ0) is 24.3. The zero-order valence-electron chi connectivity index (χ0n) is 20.6. The lowest BCUT2D eigenvalue weighted by molar-refractivity contribution is -0.143. The third kappa shape index (κ3) is 4.83. The number of nitrogens with one attached hydrogen (secondary N) is 1. The molecule has 2 unspecified atom stereocenters. The lowest BCUT2D eigenvalue weighted by Gasteiger charge is -2.32. The number of likely N-dealkylation sites (tertiary alicyclic amines) is 1. The molecular weight excluding hydrogens is 428 g/mol. The van der Waals surface area contributed by atoms with E-state index in [1.54, 1.807) is 6.92 Å². The Hall–Kier alpha value is -2.85. The molecule has 7 heteroatoms. The fourth-order valence-corrected chi connectivity index (χ4v) is 5.55. The number of aromatic nitrogens is 1. The predicted octanol–water partition coefficient (Wildman–Crippen LogP) is 3.78. The Kier molecular flexibility index (Phi) is 7.27. The van der Waals surface area contributed by atoms with Gasteiger partial charge in [-0.05, 0) is 76.0 Å². The molecule has 34 heavy (non-hydrogen) atoms. The van der Waals surface area contributed by atoms with Gasteiger partial charge in [-0.15, -0.1) is 0 Å². The highest BCUT2D eigenvalue weighted by Gasteiger charge is 2.51. The molecule has 2 fully saturated rings. The molecule has 2 atom stereocenters. The van der Waals surface area contributed by atoms with Crippen molar-refractivity contribution in [2.24, 2.45) is 5.92 Å². The van der Waals surface area contributed by atoms with E-state index in [4.69, 9.17) is 4.74 Å². The number of hydrogen-bond acceptors (Lipinski definition) is 5. The first-order chi connectivity index (χ1) is 16.4. The number of carbonyl (C=O) groups is 2. The average Bonchev–Trinajstić information content (AvgIpc) is 3.34. The number of nitrogens with zero attached hydrogens (tertiary/aromatic N) is 3. The summed E-state index contributed by atoms with van der Waals surface area (Å²) in [5.74, 6) is -0.222. The van der Waals surface area contributed by atoms with Crippen molar-refractivity contribution in [3.8, 4) is 6.07 Å². The highest BCUT2D eigenvalue weighted by molar-refractivity contribution is 5.83. The summed E-state index contributed by atoms with van der Waals surface area (Å²) in [5, 5.41) is 13.7. The Morgan fingerprint density at radius 2 is 2.09 bits per heavy atom. The maximum Gasteiger partial charge on any atom is 0.319 e. The smallest absolute Gasteiger partial charge is 0.319 e. The van der Waals surface area contributed by atoms with Crippen LogP contribution in [0.5, 0.6) is 0 Å². The van der Waals surface area contributed by atoms with Gasteiger partial charge in [-0.3, -0.25) is 9.59 Å². The van der Waals surface area contributed by atoms with Gasteiger partial charge in [0.1, 0.15) is 0 Å². The quantitative estimate of drug-likeness (QED) is 0.541. The zero-order valence-corrected chi connectivity index (χ0v) is 20.6. The first-order valence-electron chi connectivity index (χ1n) is 12.7. The van der Waals surface area contributed by atoms with E-state index in [9.17, 15) is 14.9 Å². The summed E-state index contributed by atoms with van der Waals surface area (Å²) in [6, 6.07) is 10.6. The number of carbonyl (C=O) groups excluding carboxylic acids is 2. The second-order valence-corrected chi connectivity index (χ2v) is 9.67. The van der Waals surface area contributed by atoms with E-state index in [2.05, 4.69) is 33.8 Å². The van der Waals surface area contributed by atoms with Gasteiger partial charge < -0.3 is 19.5 Å². The molecule has 1 saturated heterocycles. The third-order valence-electron chi connectivity index (χ3n) is 7.71. The first-order valence-corrected chi connectivity index (χ1v) is 12.7. The summed E-state index contributed by atoms with van der Waals surface area (Å²) in [6.07, 6.45) is 5.74. The Balaban J connectivity index is 1.41. The van der Waals surface area contributed by atoms with Crippen molar-refractivity contribution in [3.63, 3.8) is 0 Å². The number of aryl methyl sites for hydroxylation is 2. The molecule has 0 spiro atoms. The van der Waals surface area contributed by atoms with E-state index in [0.29, 0.717) is 12.2 Å². The summed E-state index contributed by atoms with van der Waals surface area (Å²) in [4.78, 5) is 27.4. The number of hydrogen-bond donors (Lipinski definition) is 1. The lowest BCUT2D eigenvalue weighted by Crippen LogP contribution is -2.49. The van der Waals surface area contributed by atoms with Crippen molar-refractivity contribution in [3.05, 3.63) is 35.5 Å². The molecule has 1 N–H and O–H groups in total. The largest absolute Gasteiger partial charge is 0.465 e. The number of rotatable bonds is 10. The Morgan fingerprint density at radius 3 is 2.76 bits per heavy atom. The highest BCUT2D eigenvalue weighted by Crippen LogP contribution is 2.43. The van der Waals surface area contributed by atoms with Gasteiger partial charge >= 0.3 is 5.97 Å². The number of ether oxygens (including phenoxy) is 1. The maximum absolute atomic E-state index is 13.5. The normalized spacial score (nSPS) is 19.7. The number of nitriles is 1. The van der Waals surface area contributed by atoms with Gasteiger partial charge in [0.25, 0.3) is 0 Å². The van der Waals surface area contributed by atoms with Crippen molar-refractivity contribution in [1.29, 1.82) is 5.26 Å². The van der Waals surface area contributed by atoms with Crippen LogP contribution in [0.1, 0.15) is 64.1 Å². The molecule has 1 aliphatic carbocycles. The van der Waals surface area contributed by atoms with E-state index in [-0.39, 0.29) is 35.9 Å². The average molecular weight is 465 g/mol. The predicted molar refractivity (Wildman–Crippen MR) is 131 cm³/mol. The lowest BCUT2D eigenvalue weighted by atomic mass is 9.96. The third-order valence-corrected chi connectivity index (χ3v) is 7.71. The Labute approximate surface area is 202 Å². The van der Waals surface area contributed by atoms with Crippen molar-refractivity contribution in [1.82, 2.24) is 14.8 Å². The van der Waals surface area contributed by atoms with Gasteiger partial charge in [-0.25, -0.2) is 0 Å². The molecule has 2 aliphatic rings. The standard InChI is InChI=1S/C27H36N4O3/c1-4-30-23(16-21-9-8-20(17-28)15-24(21)30)11-10-22-7-6-14-31(22)26(33)19(3)27(12-13-27)29-18-25(32)34-5-2/h8-9,15-16,19,22,29H,4-7,10-14,18H2,1-3H3. The number of benzene rings is 1. The topological polar surface area (TPSA) is 87.4 Å². The highest BCUT2D eigenvalue weighted by atomic mass is 16.5. The van der Waals surface area contributed by atoms with E-state index in [1.807, 2.05) is 25.1 Å². The molecule has 2 aromatic rings. The van der Waals surface area contributed by atoms with E-state index in [0.717, 1.165) is 62.5 Å². The van der Waals surface area contributed by atoms with Crippen molar-refractivity contribution in [2.45, 2.75) is 77.4 Å². The maximum atomic E-state index is 13.5. The summed E-state index contributed by atoms with van der Waals surface area (Å²) in [5.41, 5.74) is 2.77.